The molecule has 0 aliphatic carbocycles. The molecule has 4 heteroatoms. The zero-order valence-corrected chi connectivity index (χ0v) is 13.6. The molecular weight excluding hydrogens is 284 g/mol. The average molecular weight is 306 g/mol. The van der Waals surface area contributed by atoms with Gasteiger partial charge in [-0.15, -0.1) is 5.10 Å². The summed E-state index contributed by atoms with van der Waals surface area (Å²) in [5.74, 6) is 1.98. The Kier molecular flexibility index (Phi) is 4.71. The number of nitrogens with zero attached hydrogens (tertiary/aromatic N) is 2. The Morgan fingerprint density at radius 1 is 0.957 bits per heavy atom. The Morgan fingerprint density at radius 3 is 2.48 bits per heavy atom. The lowest BCUT2D eigenvalue weighted by Crippen LogP contribution is -1.99. The predicted molar refractivity (Wildman–Crippen MR) is 94.0 cm³/mol. The van der Waals surface area contributed by atoms with Crippen molar-refractivity contribution in [2.45, 2.75) is 32.6 Å². The Morgan fingerprint density at radius 2 is 1.70 bits per heavy atom. The van der Waals surface area contributed by atoms with Gasteiger partial charge in [0.05, 0.1) is 0 Å². The summed E-state index contributed by atoms with van der Waals surface area (Å²) < 4.78 is 0. The smallest absolute Gasteiger partial charge is 0.246 e. The SMILES string of the molecule is CC(C)c1ccccc1Nc1n[nH]c(CCc2ccccc2)n1. The minimum atomic E-state index is 0.454. The number of aromatic amines is 1. The van der Waals surface area contributed by atoms with Gasteiger partial charge in [-0.3, -0.25) is 5.10 Å². The first-order chi connectivity index (χ1) is 11.2. The molecule has 118 valence electrons. The third-order valence-electron chi connectivity index (χ3n) is 3.85. The zero-order chi connectivity index (χ0) is 16.1. The number of anilines is 2. The lowest BCUT2D eigenvalue weighted by molar-refractivity contribution is 0.865. The van der Waals surface area contributed by atoms with Gasteiger partial charge in [0, 0.05) is 12.1 Å². The standard InChI is InChI=1S/C19H22N4/c1-14(2)16-10-6-7-11-17(16)20-19-21-18(22-23-19)13-12-15-8-4-3-5-9-15/h3-11,14H,12-13H2,1-2H3,(H2,20,21,22,23). The summed E-state index contributed by atoms with van der Waals surface area (Å²) >= 11 is 0. The molecule has 0 aliphatic rings. The van der Waals surface area contributed by atoms with E-state index in [-0.39, 0.29) is 0 Å². The van der Waals surface area contributed by atoms with Crippen LogP contribution in [0, 0.1) is 0 Å². The van der Waals surface area contributed by atoms with Crippen LogP contribution in [-0.4, -0.2) is 15.2 Å². The minimum absolute atomic E-state index is 0.454. The number of rotatable bonds is 6. The van der Waals surface area contributed by atoms with Crippen molar-refractivity contribution in [2.75, 3.05) is 5.32 Å². The summed E-state index contributed by atoms with van der Waals surface area (Å²) in [4.78, 5) is 4.54. The summed E-state index contributed by atoms with van der Waals surface area (Å²) in [6.45, 7) is 4.37. The molecule has 2 aromatic carbocycles. The number of benzene rings is 2. The van der Waals surface area contributed by atoms with Crippen LogP contribution in [0.25, 0.3) is 0 Å². The highest BCUT2D eigenvalue weighted by Crippen LogP contribution is 2.25. The van der Waals surface area contributed by atoms with Crippen molar-refractivity contribution in [3.8, 4) is 0 Å². The topological polar surface area (TPSA) is 53.6 Å². The van der Waals surface area contributed by atoms with Crippen LogP contribution in [0.1, 0.15) is 36.7 Å². The van der Waals surface area contributed by atoms with Crippen LogP contribution in [0.5, 0.6) is 0 Å². The van der Waals surface area contributed by atoms with Gasteiger partial charge in [-0.25, -0.2) is 0 Å². The quantitative estimate of drug-likeness (QED) is 0.707. The molecule has 1 heterocycles. The van der Waals surface area contributed by atoms with Gasteiger partial charge in [0.1, 0.15) is 5.82 Å². The summed E-state index contributed by atoms with van der Waals surface area (Å²) in [7, 11) is 0. The fraction of sp³-hybridized carbons (Fsp3) is 0.263. The number of aromatic nitrogens is 3. The molecule has 23 heavy (non-hydrogen) atoms. The van der Waals surface area contributed by atoms with Crippen LogP contribution in [0.2, 0.25) is 0 Å². The van der Waals surface area contributed by atoms with Gasteiger partial charge in [-0.1, -0.05) is 62.4 Å². The second kappa shape index (κ2) is 7.09. The fourth-order valence-corrected chi connectivity index (χ4v) is 2.61. The van der Waals surface area contributed by atoms with Gasteiger partial charge < -0.3 is 5.32 Å². The van der Waals surface area contributed by atoms with E-state index < -0.39 is 0 Å². The van der Waals surface area contributed by atoms with Gasteiger partial charge >= 0.3 is 0 Å². The van der Waals surface area contributed by atoms with Gasteiger partial charge in [-0.2, -0.15) is 4.98 Å². The highest BCUT2D eigenvalue weighted by Gasteiger charge is 2.09. The van der Waals surface area contributed by atoms with Crippen LogP contribution in [0.4, 0.5) is 11.6 Å². The van der Waals surface area contributed by atoms with Crippen LogP contribution >= 0.6 is 0 Å². The van der Waals surface area contributed by atoms with E-state index in [1.54, 1.807) is 0 Å². The number of para-hydroxylation sites is 1. The minimum Gasteiger partial charge on any atom is -0.323 e. The lowest BCUT2D eigenvalue weighted by atomic mass is 10.0. The molecule has 0 radical (unpaired) electrons. The molecule has 0 bridgehead atoms. The van der Waals surface area contributed by atoms with Crippen molar-refractivity contribution in [3.63, 3.8) is 0 Å². The van der Waals surface area contributed by atoms with E-state index in [2.05, 4.69) is 76.8 Å². The van der Waals surface area contributed by atoms with Crippen LogP contribution in [-0.2, 0) is 12.8 Å². The van der Waals surface area contributed by atoms with Crippen LogP contribution in [0.3, 0.4) is 0 Å². The first kappa shape index (κ1) is 15.3. The van der Waals surface area contributed by atoms with Crippen LogP contribution < -0.4 is 5.32 Å². The largest absolute Gasteiger partial charge is 0.323 e. The van der Waals surface area contributed by atoms with E-state index >= 15 is 0 Å². The van der Waals surface area contributed by atoms with E-state index in [1.807, 2.05) is 12.1 Å². The van der Waals surface area contributed by atoms with Gasteiger partial charge in [0.15, 0.2) is 0 Å². The summed E-state index contributed by atoms with van der Waals surface area (Å²) in [6, 6.07) is 18.7. The van der Waals surface area contributed by atoms with E-state index in [1.165, 1.54) is 11.1 Å². The Labute approximate surface area is 137 Å². The molecule has 1 aromatic heterocycles. The van der Waals surface area contributed by atoms with E-state index in [0.29, 0.717) is 11.9 Å². The number of hydrogen-bond donors (Lipinski definition) is 2. The monoisotopic (exact) mass is 306 g/mol. The molecule has 0 saturated carbocycles. The van der Waals surface area contributed by atoms with Crippen molar-refractivity contribution in [2.24, 2.45) is 0 Å². The maximum absolute atomic E-state index is 4.54. The molecule has 3 aromatic rings. The first-order valence-corrected chi connectivity index (χ1v) is 8.03. The number of aryl methyl sites for hydroxylation is 2. The van der Waals surface area contributed by atoms with Crippen molar-refractivity contribution in [1.29, 1.82) is 0 Å². The molecule has 3 rings (SSSR count). The third-order valence-corrected chi connectivity index (χ3v) is 3.85. The van der Waals surface area contributed by atoms with Crippen molar-refractivity contribution in [3.05, 3.63) is 71.5 Å². The average Bonchev–Trinajstić information content (AvgIpc) is 3.02. The Bertz CT molecular complexity index is 747. The number of H-pyrrole nitrogens is 1. The number of hydrogen-bond acceptors (Lipinski definition) is 3. The van der Waals surface area contributed by atoms with Gasteiger partial charge in [0.25, 0.3) is 0 Å². The third kappa shape index (κ3) is 3.97. The Hall–Kier alpha value is -2.62. The van der Waals surface area contributed by atoms with E-state index in [4.69, 9.17) is 0 Å². The van der Waals surface area contributed by atoms with Crippen molar-refractivity contribution in [1.82, 2.24) is 15.2 Å². The van der Waals surface area contributed by atoms with Gasteiger partial charge in [0.2, 0.25) is 5.95 Å². The Balaban J connectivity index is 1.66. The summed E-state index contributed by atoms with van der Waals surface area (Å²) in [5, 5.41) is 10.6. The molecule has 0 unspecified atom stereocenters. The second-order valence-electron chi connectivity index (χ2n) is 5.96. The van der Waals surface area contributed by atoms with Crippen molar-refractivity contribution >= 4 is 11.6 Å². The highest BCUT2D eigenvalue weighted by molar-refractivity contribution is 5.59. The highest BCUT2D eigenvalue weighted by atomic mass is 15.3. The zero-order valence-electron chi connectivity index (χ0n) is 13.6. The molecule has 0 amide bonds. The summed E-state index contributed by atoms with van der Waals surface area (Å²) in [6.07, 6.45) is 1.81. The predicted octanol–water partition coefficient (Wildman–Crippen LogP) is 4.46. The normalized spacial score (nSPS) is 10.9. The van der Waals surface area contributed by atoms with Gasteiger partial charge in [-0.05, 0) is 29.5 Å². The maximum Gasteiger partial charge on any atom is 0.246 e. The maximum atomic E-state index is 4.54. The molecule has 2 N–H and O–H groups in total. The molecule has 0 atom stereocenters. The first-order valence-electron chi connectivity index (χ1n) is 8.03. The lowest BCUT2D eigenvalue weighted by Gasteiger charge is -2.12. The molecule has 4 nitrogen and oxygen atoms in total. The molecule has 0 saturated heterocycles. The van der Waals surface area contributed by atoms with Crippen molar-refractivity contribution < 1.29 is 0 Å². The molecule has 0 aliphatic heterocycles. The molecule has 0 spiro atoms. The summed E-state index contributed by atoms with van der Waals surface area (Å²) in [5.41, 5.74) is 3.64. The second-order valence-corrected chi connectivity index (χ2v) is 5.96. The molecular formula is C19H22N4. The van der Waals surface area contributed by atoms with E-state index in [9.17, 15) is 0 Å². The fourth-order valence-electron chi connectivity index (χ4n) is 2.61. The van der Waals surface area contributed by atoms with Crippen LogP contribution in [0.15, 0.2) is 54.6 Å². The molecule has 0 fully saturated rings. The number of nitrogens with one attached hydrogen (secondary N) is 2. The van der Waals surface area contributed by atoms with E-state index in [0.717, 1.165) is 24.4 Å².